The summed E-state index contributed by atoms with van der Waals surface area (Å²) in [6, 6.07) is 18.6. The molecule has 2 aromatic rings. The summed E-state index contributed by atoms with van der Waals surface area (Å²) < 4.78 is 0. The first-order chi connectivity index (χ1) is 13.1. The molecule has 2 aromatic carbocycles. The van der Waals surface area contributed by atoms with Crippen LogP contribution in [-0.4, -0.2) is 29.9 Å². The summed E-state index contributed by atoms with van der Waals surface area (Å²) in [7, 11) is 0. The number of amides is 1. The molecule has 4 heteroatoms. The van der Waals surface area contributed by atoms with Gasteiger partial charge in [0.25, 0.3) is 0 Å². The summed E-state index contributed by atoms with van der Waals surface area (Å²) in [4.78, 5) is 15.1. The number of likely N-dealkylation sites (tertiary alicyclic amines) is 1. The highest BCUT2D eigenvalue weighted by Gasteiger charge is 2.26. The maximum absolute atomic E-state index is 12.7. The van der Waals surface area contributed by atoms with Gasteiger partial charge in [-0.15, -0.1) is 0 Å². The van der Waals surface area contributed by atoms with Crippen molar-refractivity contribution in [2.24, 2.45) is 5.92 Å². The topological polar surface area (TPSA) is 32.3 Å². The van der Waals surface area contributed by atoms with E-state index in [0.29, 0.717) is 0 Å². The van der Waals surface area contributed by atoms with Crippen molar-refractivity contribution in [2.45, 2.75) is 45.2 Å². The number of halogens is 1. The molecule has 0 saturated carbocycles. The second-order valence-corrected chi connectivity index (χ2v) is 8.01. The molecule has 3 rings (SSSR count). The van der Waals surface area contributed by atoms with Gasteiger partial charge in [-0.25, -0.2) is 0 Å². The normalized spacial score (nSPS) is 18.8. The van der Waals surface area contributed by atoms with Gasteiger partial charge in [0.1, 0.15) is 0 Å². The Bertz CT molecular complexity index is 734. The zero-order chi connectivity index (χ0) is 19.1. The smallest absolute Gasteiger partial charge is 0.224 e. The second kappa shape index (κ2) is 9.91. The first kappa shape index (κ1) is 19.9. The molecule has 0 unspecified atom stereocenters. The molecule has 1 saturated heterocycles. The number of rotatable bonds is 7. The third-order valence-corrected chi connectivity index (χ3v) is 5.69. The summed E-state index contributed by atoms with van der Waals surface area (Å²) in [6.45, 7) is 4.75. The highest BCUT2D eigenvalue weighted by atomic mass is 35.5. The Balaban J connectivity index is 1.47. The minimum absolute atomic E-state index is 0.0698. The van der Waals surface area contributed by atoms with Gasteiger partial charge in [0.05, 0.1) is 5.92 Å². The number of hydrogen-bond acceptors (Lipinski definition) is 2. The molecule has 3 nitrogen and oxygen atoms in total. The van der Waals surface area contributed by atoms with E-state index in [0.717, 1.165) is 55.9 Å². The third-order valence-electron chi connectivity index (χ3n) is 5.33. The number of hydrogen-bond donors (Lipinski definition) is 1. The van der Waals surface area contributed by atoms with Gasteiger partial charge in [-0.3, -0.25) is 9.69 Å². The average molecular weight is 385 g/mol. The first-order valence-corrected chi connectivity index (χ1v) is 10.3. The van der Waals surface area contributed by atoms with Crippen molar-refractivity contribution < 1.29 is 4.79 Å². The van der Waals surface area contributed by atoms with Crippen LogP contribution in [-0.2, 0) is 17.8 Å². The number of benzene rings is 2. The lowest BCUT2D eigenvalue weighted by Crippen LogP contribution is -2.45. The molecule has 2 atom stereocenters. The number of carbonyl (C=O) groups excluding carboxylic acids is 1. The molecule has 1 N–H and O–H groups in total. The summed E-state index contributed by atoms with van der Waals surface area (Å²) in [5.41, 5.74) is 2.46. The zero-order valence-corrected chi connectivity index (χ0v) is 16.8. The maximum Gasteiger partial charge on any atom is 0.224 e. The van der Waals surface area contributed by atoms with Crippen LogP contribution in [0.5, 0.6) is 0 Å². The highest BCUT2D eigenvalue weighted by molar-refractivity contribution is 6.31. The van der Waals surface area contributed by atoms with Crippen LogP contribution >= 0.6 is 11.6 Å². The summed E-state index contributed by atoms with van der Waals surface area (Å²) in [6.07, 6.45) is 3.98. The summed E-state index contributed by atoms with van der Waals surface area (Å²) in [5, 5.41) is 4.03. The van der Waals surface area contributed by atoms with Gasteiger partial charge in [0.15, 0.2) is 0 Å². The maximum atomic E-state index is 12.7. The fourth-order valence-electron chi connectivity index (χ4n) is 3.74. The van der Waals surface area contributed by atoms with Crippen molar-refractivity contribution >= 4 is 17.5 Å². The Hall–Kier alpha value is -1.84. The molecule has 0 bridgehead atoms. The molecular weight excluding hydrogens is 356 g/mol. The van der Waals surface area contributed by atoms with Crippen molar-refractivity contribution in [3.63, 3.8) is 0 Å². The van der Waals surface area contributed by atoms with Crippen molar-refractivity contribution in [1.29, 1.82) is 0 Å². The third kappa shape index (κ3) is 6.08. The number of nitrogens with one attached hydrogen (secondary N) is 1. The standard InChI is InChI=1S/C23H29ClN2O/c1-18(13-14-19-8-3-2-4-9-19)25-23(27)21-11-7-15-26(17-21)16-20-10-5-6-12-22(20)24/h2-6,8-10,12,18,21H,7,11,13-17H2,1H3,(H,25,27)/t18-,21+/m1/s1. The van der Waals surface area contributed by atoms with E-state index in [-0.39, 0.29) is 17.9 Å². The number of aryl methyl sites for hydroxylation is 1. The Morgan fingerprint density at radius 2 is 1.93 bits per heavy atom. The van der Waals surface area contributed by atoms with Crippen LogP contribution in [0.4, 0.5) is 0 Å². The molecule has 1 aliphatic rings. The Morgan fingerprint density at radius 1 is 1.19 bits per heavy atom. The van der Waals surface area contributed by atoms with E-state index in [9.17, 15) is 4.79 Å². The predicted molar refractivity (Wildman–Crippen MR) is 112 cm³/mol. The molecule has 0 spiro atoms. The lowest BCUT2D eigenvalue weighted by molar-refractivity contribution is -0.127. The molecule has 144 valence electrons. The van der Waals surface area contributed by atoms with Gasteiger partial charge < -0.3 is 5.32 Å². The first-order valence-electron chi connectivity index (χ1n) is 9.92. The zero-order valence-electron chi connectivity index (χ0n) is 16.0. The second-order valence-electron chi connectivity index (χ2n) is 7.60. The van der Waals surface area contributed by atoms with Crippen molar-refractivity contribution in [2.75, 3.05) is 13.1 Å². The molecule has 1 amide bonds. The van der Waals surface area contributed by atoms with Crippen molar-refractivity contribution in [1.82, 2.24) is 10.2 Å². The molecular formula is C23H29ClN2O. The van der Waals surface area contributed by atoms with Crippen LogP contribution in [0.1, 0.15) is 37.3 Å². The van der Waals surface area contributed by atoms with E-state index in [1.165, 1.54) is 5.56 Å². The summed E-state index contributed by atoms with van der Waals surface area (Å²) in [5.74, 6) is 0.264. The molecule has 0 radical (unpaired) electrons. The van der Waals surface area contributed by atoms with Crippen LogP contribution in [0.3, 0.4) is 0 Å². The molecule has 27 heavy (non-hydrogen) atoms. The Morgan fingerprint density at radius 3 is 2.70 bits per heavy atom. The van der Waals surface area contributed by atoms with Crippen LogP contribution < -0.4 is 5.32 Å². The van der Waals surface area contributed by atoms with Gasteiger partial charge in [0.2, 0.25) is 5.91 Å². The van der Waals surface area contributed by atoms with Gasteiger partial charge >= 0.3 is 0 Å². The fraction of sp³-hybridized carbons (Fsp3) is 0.435. The van der Waals surface area contributed by atoms with Crippen LogP contribution in [0.25, 0.3) is 0 Å². The van der Waals surface area contributed by atoms with E-state index in [1.807, 2.05) is 24.3 Å². The molecule has 1 aliphatic heterocycles. The largest absolute Gasteiger partial charge is 0.353 e. The predicted octanol–water partition coefficient (Wildman–Crippen LogP) is 4.69. The van der Waals surface area contributed by atoms with Crippen LogP contribution in [0, 0.1) is 5.92 Å². The molecule has 1 heterocycles. The van der Waals surface area contributed by atoms with Crippen molar-refractivity contribution in [3.8, 4) is 0 Å². The Labute approximate surface area is 167 Å². The lowest BCUT2D eigenvalue weighted by Gasteiger charge is -2.32. The molecule has 1 fully saturated rings. The SMILES string of the molecule is C[C@H](CCc1ccccc1)NC(=O)[C@H]1CCCN(Cc2ccccc2Cl)C1. The van der Waals surface area contributed by atoms with Crippen molar-refractivity contribution in [3.05, 3.63) is 70.7 Å². The van der Waals surface area contributed by atoms with E-state index in [2.05, 4.69) is 47.5 Å². The summed E-state index contributed by atoms with van der Waals surface area (Å²) >= 11 is 6.29. The monoisotopic (exact) mass is 384 g/mol. The van der Waals surface area contributed by atoms with E-state index < -0.39 is 0 Å². The van der Waals surface area contributed by atoms with E-state index in [1.54, 1.807) is 0 Å². The minimum atomic E-state index is 0.0698. The van der Waals surface area contributed by atoms with E-state index >= 15 is 0 Å². The number of carbonyl (C=O) groups is 1. The molecule has 0 aromatic heterocycles. The lowest BCUT2D eigenvalue weighted by atomic mass is 9.96. The van der Waals surface area contributed by atoms with Crippen LogP contribution in [0.2, 0.25) is 5.02 Å². The quantitative estimate of drug-likeness (QED) is 0.751. The highest BCUT2D eigenvalue weighted by Crippen LogP contribution is 2.22. The average Bonchev–Trinajstić information content (AvgIpc) is 2.69. The van der Waals surface area contributed by atoms with Crippen LogP contribution in [0.15, 0.2) is 54.6 Å². The minimum Gasteiger partial charge on any atom is -0.353 e. The van der Waals surface area contributed by atoms with Gasteiger partial charge in [-0.05, 0) is 56.3 Å². The van der Waals surface area contributed by atoms with Gasteiger partial charge in [-0.1, -0.05) is 60.1 Å². The fourth-order valence-corrected chi connectivity index (χ4v) is 3.94. The number of nitrogens with zero attached hydrogens (tertiary/aromatic N) is 1. The van der Waals surface area contributed by atoms with Gasteiger partial charge in [-0.2, -0.15) is 0 Å². The van der Waals surface area contributed by atoms with E-state index in [4.69, 9.17) is 11.6 Å². The Kier molecular flexibility index (Phi) is 7.31. The number of piperidine rings is 1. The van der Waals surface area contributed by atoms with Gasteiger partial charge in [0, 0.05) is 24.2 Å². The molecule has 0 aliphatic carbocycles.